The van der Waals surface area contributed by atoms with E-state index in [0.717, 1.165) is 5.56 Å². The van der Waals surface area contributed by atoms with Crippen molar-refractivity contribution in [2.75, 3.05) is 0 Å². The van der Waals surface area contributed by atoms with Crippen molar-refractivity contribution in [2.24, 2.45) is 17.8 Å². The monoisotopic (exact) mass is 290 g/mol. The number of carbonyl (C=O) groups is 2. The highest BCUT2D eigenvalue weighted by Crippen LogP contribution is 2.17. The average molecular weight is 290 g/mol. The molecule has 1 aromatic rings. The van der Waals surface area contributed by atoms with Crippen molar-refractivity contribution >= 4 is 11.9 Å². The van der Waals surface area contributed by atoms with Crippen molar-refractivity contribution < 1.29 is 19.8 Å². The van der Waals surface area contributed by atoms with Gasteiger partial charge in [0, 0.05) is 0 Å². The molecule has 0 aromatic heterocycles. The maximum Gasteiger partial charge on any atom is 0.310 e. The number of aliphatic carboxylic acids is 2. The van der Waals surface area contributed by atoms with Crippen LogP contribution < -0.4 is 0 Å². The van der Waals surface area contributed by atoms with Crippen LogP contribution in [0, 0.1) is 17.8 Å². The molecule has 0 bridgehead atoms. The van der Waals surface area contributed by atoms with Gasteiger partial charge in [-0.3, -0.25) is 9.59 Å². The van der Waals surface area contributed by atoms with Gasteiger partial charge in [0.05, 0.1) is 11.8 Å². The van der Waals surface area contributed by atoms with Gasteiger partial charge in [-0.15, -0.1) is 0 Å². The van der Waals surface area contributed by atoms with Gasteiger partial charge in [-0.05, 0) is 24.3 Å². The van der Waals surface area contributed by atoms with E-state index in [1.54, 1.807) is 0 Å². The van der Waals surface area contributed by atoms with E-state index in [9.17, 15) is 14.7 Å². The van der Waals surface area contributed by atoms with Gasteiger partial charge in [0.1, 0.15) is 0 Å². The lowest BCUT2D eigenvalue weighted by Crippen LogP contribution is -2.17. The number of benzene rings is 1. The van der Waals surface area contributed by atoms with E-state index in [-0.39, 0.29) is 5.92 Å². The summed E-state index contributed by atoms with van der Waals surface area (Å²) in [7, 11) is 0. The molecule has 0 heterocycles. The summed E-state index contributed by atoms with van der Waals surface area (Å²) in [5.74, 6) is -2.95. The molecule has 1 aromatic carbocycles. The molecule has 0 aliphatic heterocycles. The molecule has 4 heteroatoms. The summed E-state index contributed by atoms with van der Waals surface area (Å²) >= 11 is 0. The summed E-state index contributed by atoms with van der Waals surface area (Å²) in [6.07, 6.45) is 3.89. The summed E-state index contributed by atoms with van der Waals surface area (Å²) in [5.41, 5.74) is 0.922. The van der Waals surface area contributed by atoms with Crippen molar-refractivity contribution in [3.63, 3.8) is 0 Å². The molecule has 2 N–H and O–H groups in total. The SMILES string of the molecule is CC(C)CC(C=CC(Cc1ccccc1)C(=O)O)C(=O)O. The minimum absolute atomic E-state index is 0.244. The van der Waals surface area contributed by atoms with Gasteiger partial charge in [0.15, 0.2) is 0 Å². The Morgan fingerprint density at radius 1 is 1.00 bits per heavy atom. The van der Waals surface area contributed by atoms with E-state index in [1.165, 1.54) is 12.2 Å². The molecular formula is C17H22O4. The molecule has 2 atom stereocenters. The average Bonchev–Trinajstić information content (AvgIpc) is 2.42. The lowest BCUT2D eigenvalue weighted by atomic mass is 9.93. The van der Waals surface area contributed by atoms with Gasteiger partial charge < -0.3 is 10.2 Å². The minimum Gasteiger partial charge on any atom is -0.481 e. The van der Waals surface area contributed by atoms with Gasteiger partial charge >= 0.3 is 11.9 Å². The Morgan fingerprint density at radius 2 is 1.52 bits per heavy atom. The highest BCUT2D eigenvalue weighted by atomic mass is 16.4. The maximum absolute atomic E-state index is 11.3. The van der Waals surface area contributed by atoms with E-state index in [1.807, 2.05) is 44.2 Å². The Bertz CT molecular complexity index is 491. The summed E-state index contributed by atoms with van der Waals surface area (Å²) < 4.78 is 0. The molecule has 0 fully saturated rings. The fourth-order valence-corrected chi connectivity index (χ4v) is 2.14. The van der Waals surface area contributed by atoms with Crippen LogP contribution >= 0.6 is 0 Å². The predicted octanol–water partition coefficient (Wildman–Crippen LogP) is 3.23. The van der Waals surface area contributed by atoms with E-state index in [2.05, 4.69) is 0 Å². The van der Waals surface area contributed by atoms with Crippen molar-refractivity contribution in [1.29, 1.82) is 0 Å². The summed E-state index contributed by atoms with van der Waals surface area (Å²) in [4.78, 5) is 22.5. The smallest absolute Gasteiger partial charge is 0.310 e. The van der Waals surface area contributed by atoms with Crippen molar-refractivity contribution in [1.82, 2.24) is 0 Å². The molecule has 21 heavy (non-hydrogen) atoms. The minimum atomic E-state index is -0.941. The number of rotatable bonds is 8. The van der Waals surface area contributed by atoms with E-state index >= 15 is 0 Å². The van der Waals surface area contributed by atoms with Gasteiger partial charge in [0.25, 0.3) is 0 Å². The Hall–Kier alpha value is -2.10. The summed E-state index contributed by atoms with van der Waals surface area (Å²) in [5, 5.41) is 18.4. The van der Waals surface area contributed by atoms with Gasteiger partial charge in [-0.1, -0.05) is 56.3 Å². The summed E-state index contributed by atoms with van der Waals surface area (Å²) in [6.45, 7) is 3.89. The van der Waals surface area contributed by atoms with E-state index in [4.69, 9.17) is 5.11 Å². The molecule has 0 amide bonds. The lowest BCUT2D eigenvalue weighted by molar-refractivity contribution is -0.141. The van der Waals surface area contributed by atoms with E-state index in [0.29, 0.717) is 12.8 Å². The normalized spacial score (nSPS) is 14.2. The lowest BCUT2D eigenvalue weighted by Gasteiger charge is -2.12. The zero-order chi connectivity index (χ0) is 15.8. The predicted molar refractivity (Wildman–Crippen MR) is 81.0 cm³/mol. The molecule has 0 saturated heterocycles. The second kappa shape index (κ2) is 8.25. The molecule has 1 rings (SSSR count). The quantitative estimate of drug-likeness (QED) is 0.721. The molecule has 0 aliphatic rings. The first-order valence-corrected chi connectivity index (χ1v) is 7.08. The molecule has 0 aliphatic carbocycles. The van der Waals surface area contributed by atoms with Crippen LogP contribution in [0.4, 0.5) is 0 Å². The van der Waals surface area contributed by atoms with Crippen LogP contribution in [0.5, 0.6) is 0 Å². The van der Waals surface area contributed by atoms with Crippen LogP contribution in [0.1, 0.15) is 25.8 Å². The molecule has 0 spiro atoms. The van der Waals surface area contributed by atoms with Crippen LogP contribution in [0.15, 0.2) is 42.5 Å². The standard InChI is InChI=1S/C17H22O4/c1-12(2)10-14(16(18)19)8-9-15(17(20)21)11-13-6-4-3-5-7-13/h3-9,12,14-15H,10-11H2,1-2H3,(H,18,19)(H,20,21). The molecule has 4 nitrogen and oxygen atoms in total. The highest BCUT2D eigenvalue weighted by molar-refractivity contribution is 5.74. The molecule has 2 unspecified atom stereocenters. The third-order valence-electron chi connectivity index (χ3n) is 3.23. The zero-order valence-electron chi connectivity index (χ0n) is 12.4. The number of carboxylic acid groups (broad SMARTS) is 2. The van der Waals surface area contributed by atoms with Crippen LogP contribution in [0.25, 0.3) is 0 Å². The number of hydrogen-bond donors (Lipinski definition) is 2. The van der Waals surface area contributed by atoms with Gasteiger partial charge in [-0.25, -0.2) is 0 Å². The Labute approximate surface area is 125 Å². The second-order valence-corrected chi connectivity index (χ2v) is 5.59. The Balaban J connectivity index is 2.79. The van der Waals surface area contributed by atoms with Gasteiger partial charge in [-0.2, -0.15) is 0 Å². The highest BCUT2D eigenvalue weighted by Gasteiger charge is 2.19. The zero-order valence-corrected chi connectivity index (χ0v) is 12.4. The first-order chi connectivity index (χ1) is 9.90. The maximum atomic E-state index is 11.3. The Kier molecular flexibility index (Phi) is 6.66. The molecular weight excluding hydrogens is 268 g/mol. The summed E-state index contributed by atoms with van der Waals surface area (Å²) in [6, 6.07) is 9.32. The number of carboxylic acids is 2. The molecule has 0 saturated carbocycles. The molecule has 0 radical (unpaired) electrons. The van der Waals surface area contributed by atoms with Crippen LogP contribution in [0.3, 0.4) is 0 Å². The fourth-order valence-electron chi connectivity index (χ4n) is 2.14. The fraction of sp³-hybridized carbons (Fsp3) is 0.412. The third kappa shape index (κ3) is 6.25. The largest absolute Gasteiger partial charge is 0.481 e. The first kappa shape index (κ1) is 17.0. The van der Waals surface area contributed by atoms with Crippen LogP contribution in [-0.4, -0.2) is 22.2 Å². The van der Waals surface area contributed by atoms with Crippen LogP contribution in [0.2, 0.25) is 0 Å². The Morgan fingerprint density at radius 3 is 2.00 bits per heavy atom. The topological polar surface area (TPSA) is 74.6 Å². The first-order valence-electron chi connectivity index (χ1n) is 7.08. The molecule has 114 valence electrons. The number of hydrogen-bond acceptors (Lipinski definition) is 2. The van der Waals surface area contributed by atoms with Crippen molar-refractivity contribution in [3.05, 3.63) is 48.0 Å². The van der Waals surface area contributed by atoms with Gasteiger partial charge in [0.2, 0.25) is 0 Å². The van der Waals surface area contributed by atoms with Crippen LogP contribution in [-0.2, 0) is 16.0 Å². The third-order valence-corrected chi connectivity index (χ3v) is 3.23. The van der Waals surface area contributed by atoms with E-state index < -0.39 is 23.8 Å². The second-order valence-electron chi connectivity index (χ2n) is 5.59. The van der Waals surface area contributed by atoms with Crippen molar-refractivity contribution in [3.8, 4) is 0 Å². The van der Waals surface area contributed by atoms with Crippen molar-refractivity contribution in [2.45, 2.75) is 26.7 Å².